The molecule has 0 saturated heterocycles. The summed E-state index contributed by atoms with van der Waals surface area (Å²) in [6.45, 7) is 4.94. The molecule has 0 atom stereocenters. The van der Waals surface area contributed by atoms with E-state index in [0.717, 1.165) is 0 Å². The lowest BCUT2D eigenvalue weighted by Crippen LogP contribution is -2.13. The van der Waals surface area contributed by atoms with Crippen molar-refractivity contribution in [1.82, 2.24) is 9.97 Å². The summed E-state index contributed by atoms with van der Waals surface area (Å²) in [7, 11) is 1.60. The van der Waals surface area contributed by atoms with Crippen molar-refractivity contribution in [2.45, 2.75) is 19.8 Å². The van der Waals surface area contributed by atoms with Crippen LogP contribution in [0.4, 0.5) is 5.82 Å². The van der Waals surface area contributed by atoms with Gasteiger partial charge in [0.15, 0.2) is 5.69 Å². The molecule has 0 unspecified atom stereocenters. The van der Waals surface area contributed by atoms with Crippen LogP contribution in [-0.2, 0) is 4.74 Å². The molecule has 1 aromatic rings. The summed E-state index contributed by atoms with van der Waals surface area (Å²) < 4.78 is 4.90. The Morgan fingerprint density at radius 2 is 2.24 bits per heavy atom. The van der Waals surface area contributed by atoms with Crippen LogP contribution in [0.2, 0.25) is 0 Å². The van der Waals surface area contributed by atoms with E-state index in [0.29, 0.717) is 24.8 Å². The van der Waals surface area contributed by atoms with Crippen molar-refractivity contribution in [3.05, 3.63) is 17.6 Å². The van der Waals surface area contributed by atoms with Gasteiger partial charge in [-0.2, -0.15) is 0 Å². The van der Waals surface area contributed by atoms with Crippen molar-refractivity contribution in [3.63, 3.8) is 0 Å². The molecule has 0 radical (unpaired) electrons. The maximum absolute atomic E-state index is 10.9. The molecule has 6 heteroatoms. The van der Waals surface area contributed by atoms with Crippen molar-refractivity contribution < 1.29 is 14.6 Å². The van der Waals surface area contributed by atoms with Crippen LogP contribution in [-0.4, -0.2) is 41.3 Å². The fourth-order valence-electron chi connectivity index (χ4n) is 1.21. The Balaban J connectivity index is 2.91. The molecule has 1 heterocycles. The van der Waals surface area contributed by atoms with Crippen molar-refractivity contribution in [2.75, 3.05) is 25.6 Å². The fraction of sp³-hybridized carbons (Fsp3) is 0.545. The lowest BCUT2D eigenvalue weighted by Gasteiger charge is -2.09. The highest BCUT2D eigenvalue weighted by atomic mass is 16.5. The van der Waals surface area contributed by atoms with Crippen molar-refractivity contribution >= 4 is 11.8 Å². The molecule has 0 bridgehead atoms. The number of hydrogen-bond acceptors (Lipinski definition) is 5. The first-order valence-electron chi connectivity index (χ1n) is 5.39. The highest BCUT2D eigenvalue weighted by Gasteiger charge is 2.12. The number of hydrogen-bond donors (Lipinski definition) is 2. The van der Waals surface area contributed by atoms with Crippen LogP contribution in [0.5, 0.6) is 0 Å². The maximum Gasteiger partial charge on any atom is 0.354 e. The minimum Gasteiger partial charge on any atom is -0.477 e. The first-order chi connectivity index (χ1) is 8.04. The molecule has 0 spiro atoms. The summed E-state index contributed by atoms with van der Waals surface area (Å²) in [6.07, 6.45) is 0. The number of nitrogens with zero attached hydrogens (tertiary/aromatic N) is 2. The number of carboxylic acid groups (broad SMARTS) is 1. The number of carbonyl (C=O) groups is 1. The van der Waals surface area contributed by atoms with E-state index >= 15 is 0 Å². The third kappa shape index (κ3) is 3.99. The third-order valence-electron chi connectivity index (χ3n) is 2.09. The Morgan fingerprint density at radius 1 is 1.53 bits per heavy atom. The summed E-state index contributed by atoms with van der Waals surface area (Å²) in [4.78, 5) is 19.1. The molecule has 0 fully saturated rings. The summed E-state index contributed by atoms with van der Waals surface area (Å²) >= 11 is 0. The molecule has 0 aliphatic carbocycles. The molecule has 1 aromatic heterocycles. The number of ether oxygens (including phenoxy) is 1. The summed E-state index contributed by atoms with van der Waals surface area (Å²) in [6, 6.07) is 1.42. The van der Waals surface area contributed by atoms with Gasteiger partial charge in [-0.05, 0) is 0 Å². The highest BCUT2D eigenvalue weighted by molar-refractivity contribution is 5.86. The topological polar surface area (TPSA) is 84.3 Å². The van der Waals surface area contributed by atoms with Crippen LogP contribution in [0.15, 0.2) is 6.07 Å². The second kappa shape index (κ2) is 6.15. The Bertz CT molecular complexity index is 394. The Hall–Kier alpha value is -1.69. The summed E-state index contributed by atoms with van der Waals surface area (Å²) in [5.41, 5.74) is 0.00335. The summed E-state index contributed by atoms with van der Waals surface area (Å²) in [5.74, 6) is 0.0596. The predicted octanol–water partition coefficient (Wildman–Crippen LogP) is 1.36. The fourth-order valence-corrected chi connectivity index (χ4v) is 1.21. The normalized spacial score (nSPS) is 10.6. The molecule has 2 N–H and O–H groups in total. The molecule has 0 saturated carbocycles. The lowest BCUT2D eigenvalue weighted by molar-refractivity contribution is 0.0690. The van der Waals surface area contributed by atoms with Gasteiger partial charge in [0.05, 0.1) is 6.61 Å². The molecule has 1 rings (SSSR count). The van der Waals surface area contributed by atoms with Gasteiger partial charge in [-0.25, -0.2) is 14.8 Å². The van der Waals surface area contributed by atoms with Crippen LogP contribution < -0.4 is 5.32 Å². The molecule has 0 amide bonds. The molecule has 0 aliphatic heterocycles. The van der Waals surface area contributed by atoms with Gasteiger partial charge in [0, 0.05) is 25.6 Å². The number of aromatic nitrogens is 2. The number of carboxylic acids is 1. The average molecular weight is 239 g/mol. The van der Waals surface area contributed by atoms with Crippen molar-refractivity contribution in [3.8, 4) is 0 Å². The lowest BCUT2D eigenvalue weighted by atomic mass is 10.2. The van der Waals surface area contributed by atoms with E-state index in [1.807, 2.05) is 13.8 Å². The Kier molecular flexibility index (Phi) is 4.84. The van der Waals surface area contributed by atoms with E-state index in [4.69, 9.17) is 9.84 Å². The van der Waals surface area contributed by atoms with Gasteiger partial charge >= 0.3 is 5.97 Å². The van der Waals surface area contributed by atoms with Gasteiger partial charge in [0.1, 0.15) is 11.6 Å². The predicted molar refractivity (Wildman–Crippen MR) is 63.4 cm³/mol. The van der Waals surface area contributed by atoms with Crippen LogP contribution >= 0.6 is 0 Å². The van der Waals surface area contributed by atoms with Gasteiger partial charge in [0.2, 0.25) is 0 Å². The van der Waals surface area contributed by atoms with Crippen LogP contribution in [0.25, 0.3) is 0 Å². The van der Waals surface area contributed by atoms with Gasteiger partial charge in [0.25, 0.3) is 0 Å². The molecular weight excluding hydrogens is 222 g/mol. The standard InChI is InChI=1S/C11H17N3O3/c1-7(2)10-13-8(11(15)16)6-9(14-10)12-4-5-17-3/h6-7H,4-5H2,1-3H3,(H,15,16)(H,12,13,14). The van der Waals surface area contributed by atoms with Crippen molar-refractivity contribution in [2.24, 2.45) is 0 Å². The number of anilines is 1. The number of rotatable bonds is 6. The van der Waals surface area contributed by atoms with E-state index in [2.05, 4.69) is 15.3 Å². The molecule has 6 nitrogen and oxygen atoms in total. The molecule has 0 aliphatic rings. The average Bonchev–Trinajstić information content (AvgIpc) is 2.29. The number of nitrogens with one attached hydrogen (secondary N) is 1. The smallest absolute Gasteiger partial charge is 0.354 e. The van der Waals surface area contributed by atoms with E-state index in [9.17, 15) is 4.79 Å². The van der Waals surface area contributed by atoms with E-state index in [-0.39, 0.29) is 11.6 Å². The second-order valence-electron chi connectivity index (χ2n) is 3.88. The summed E-state index contributed by atoms with van der Waals surface area (Å²) in [5, 5.41) is 11.9. The van der Waals surface area contributed by atoms with Gasteiger partial charge < -0.3 is 15.2 Å². The zero-order chi connectivity index (χ0) is 12.8. The van der Waals surface area contributed by atoms with Crippen molar-refractivity contribution in [1.29, 1.82) is 0 Å². The zero-order valence-electron chi connectivity index (χ0n) is 10.2. The third-order valence-corrected chi connectivity index (χ3v) is 2.09. The SMILES string of the molecule is COCCNc1cc(C(=O)O)nc(C(C)C)n1. The first kappa shape index (κ1) is 13.4. The Labute approximate surface area is 100 Å². The molecular formula is C11H17N3O3. The second-order valence-corrected chi connectivity index (χ2v) is 3.88. The van der Waals surface area contributed by atoms with E-state index < -0.39 is 5.97 Å². The highest BCUT2D eigenvalue weighted by Crippen LogP contribution is 2.13. The largest absolute Gasteiger partial charge is 0.477 e. The van der Waals surface area contributed by atoms with Gasteiger partial charge in [-0.15, -0.1) is 0 Å². The minimum atomic E-state index is -1.05. The first-order valence-corrected chi connectivity index (χ1v) is 5.39. The van der Waals surface area contributed by atoms with E-state index in [1.165, 1.54) is 6.07 Å². The van der Waals surface area contributed by atoms with Crippen LogP contribution in [0.1, 0.15) is 36.1 Å². The number of methoxy groups -OCH3 is 1. The minimum absolute atomic E-state index is 0.00335. The zero-order valence-corrected chi connectivity index (χ0v) is 10.2. The monoisotopic (exact) mass is 239 g/mol. The van der Waals surface area contributed by atoms with Gasteiger partial charge in [-0.3, -0.25) is 0 Å². The quantitative estimate of drug-likeness (QED) is 0.729. The van der Waals surface area contributed by atoms with Gasteiger partial charge in [-0.1, -0.05) is 13.8 Å². The number of aromatic carboxylic acids is 1. The van der Waals surface area contributed by atoms with Crippen LogP contribution in [0.3, 0.4) is 0 Å². The van der Waals surface area contributed by atoms with E-state index in [1.54, 1.807) is 7.11 Å². The Morgan fingerprint density at radius 3 is 2.76 bits per heavy atom. The van der Waals surface area contributed by atoms with Crippen LogP contribution in [0, 0.1) is 0 Å². The molecule has 0 aromatic carbocycles. The molecule has 94 valence electrons. The maximum atomic E-state index is 10.9. The molecule has 17 heavy (non-hydrogen) atoms.